The van der Waals surface area contributed by atoms with E-state index in [0.29, 0.717) is 35.2 Å². The highest BCUT2D eigenvalue weighted by Crippen LogP contribution is 2.21. The first-order chi connectivity index (χ1) is 11.5. The van der Waals surface area contributed by atoms with Gasteiger partial charge in [-0.15, -0.1) is 0 Å². The number of carbonyl (C=O) groups is 1. The van der Waals surface area contributed by atoms with Gasteiger partial charge in [0.2, 0.25) is 0 Å². The van der Waals surface area contributed by atoms with Gasteiger partial charge < -0.3 is 14.8 Å². The molecule has 1 N–H and O–H groups in total. The van der Waals surface area contributed by atoms with Gasteiger partial charge in [0.05, 0.1) is 18.2 Å². The normalized spacial score (nSPS) is 10.5. The molecule has 24 heavy (non-hydrogen) atoms. The minimum absolute atomic E-state index is 0.00793. The molecule has 128 valence electrons. The quantitative estimate of drug-likeness (QED) is 0.762. The van der Waals surface area contributed by atoms with E-state index in [2.05, 4.69) is 5.32 Å². The molecule has 0 aliphatic rings. The monoisotopic (exact) mass is 347 g/mol. The van der Waals surface area contributed by atoms with Crippen LogP contribution in [0.1, 0.15) is 29.8 Å². The molecule has 0 heterocycles. The fourth-order valence-electron chi connectivity index (χ4n) is 2.10. The van der Waals surface area contributed by atoms with Crippen molar-refractivity contribution < 1.29 is 14.3 Å². The number of nitrogens with one attached hydrogen (secondary N) is 1. The topological polar surface area (TPSA) is 47.6 Å². The van der Waals surface area contributed by atoms with Crippen molar-refractivity contribution in [3.05, 3.63) is 58.6 Å². The number of rotatable bonds is 7. The molecule has 0 saturated heterocycles. The maximum Gasteiger partial charge on any atom is 0.255 e. The number of carbonyl (C=O) groups excluding carboxylic acids is 1. The van der Waals surface area contributed by atoms with Crippen LogP contribution in [0.5, 0.6) is 11.5 Å². The molecular formula is C19H22ClNO3. The van der Waals surface area contributed by atoms with Crippen LogP contribution in [-0.4, -0.2) is 25.2 Å². The second kappa shape index (κ2) is 8.60. The first-order valence-corrected chi connectivity index (χ1v) is 8.28. The highest BCUT2D eigenvalue weighted by molar-refractivity contribution is 6.31. The Kier molecular flexibility index (Phi) is 6.50. The lowest BCUT2D eigenvalue weighted by atomic mass is 10.2. The number of aryl methyl sites for hydroxylation is 1. The zero-order valence-electron chi connectivity index (χ0n) is 14.1. The highest BCUT2D eigenvalue weighted by atomic mass is 35.5. The fraction of sp³-hybridized carbons (Fsp3) is 0.316. The van der Waals surface area contributed by atoms with Crippen LogP contribution in [0.2, 0.25) is 5.02 Å². The molecule has 0 atom stereocenters. The molecule has 0 saturated carbocycles. The maximum absolute atomic E-state index is 12.3. The summed E-state index contributed by atoms with van der Waals surface area (Å²) in [5.74, 6) is 1.08. The number of halogens is 1. The van der Waals surface area contributed by atoms with E-state index < -0.39 is 0 Å². The molecule has 4 nitrogen and oxygen atoms in total. The summed E-state index contributed by atoms with van der Waals surface area (Å²) in [5.41, 5.74) is 1.52. The van der Waals surface area contributed by atoms with Crippen molar-refractivity contribution >= 4 is 17.5 Å². The van der Waals surface area contributed by atoms with Gasteiger partial charge in [-0.1, -0.05) is 29.8 Å². The number of benzene rings is 2. The molecule has 0 spiro atoms. The zero-order valence-corrected chi connectivity index (χ0v) is 14.9. The molecule has 0 fully saturated rings. The Morgan fingerprint density at radius 3 is 2.67 bits per heavy atom. The van der Waals surface area contributed by atoms with Gasteiger partial charge in [0.1, 0.15) is 18.1 Å². The minimum atomic E-state index is -0.184. The second-order valence-corrected chi connectivity index (χ2v) is 6.09. The Morgan fingerprint density at radius 2 is 1.96 bits per heavy atom. The molecule has 0 aromatic heterocycles. The van der Waals surface area contributed by atoms with Gasteiger partial charge in [0.25, 0.3) is 5.91 Å². The Balaban J connectivity index is 1.86. The number of para-hydroxylation sites is 1. The van der Waals surface area contributed by atoms with Crippen molar-refractivity contribution in [2.75, 3.05) is 13.2 Å². The summed E-state index contributed by atoms with van der Waals surface area (Å²) in [7, 11) is 0. The number of amides is 1. The number of ether oxygens (including phenoxy) is 2. The molecule has 0 radical (unpaired) electrons. The molecule has 0 aliphatic carbocycles. The van der Waals surface area contributed by atoms with Crippen molar-refractivity contribution in [3.8, 4) is 11.5 Å². The van der Waals surface area contributed by atoms with Crippen molar-refractivity contribution in [2.45, 2.75) is 26.9 Å². The van der Waals surface area contributed by atoms with E-state index >= 15 is 0 Å². The summed E-state index contributed by atoms with van der Waals surface area (Å²) in [4.78, 5) is 12.3. The minimum Gasteiger partial charge on any atom is -0.492 e. The Bertz CT molecular complexity index is 701. The predicted molar refractivity (Wildman–Crippen MR) is 96.2 cm³/mol. The average Bonchev–Trinajstić information content (AvgIpc) is 2.54. The summed E-state index contributed by atoms with van der Waals surface area (Å²) in [6, 6.07) is 12.7. The lowest BCUT2D eigenvalue weighted by Crippen LogP contribution is -2.28. The van der Waals surface area contributed by atoms with E-state index in [-0.39, 0.29) is 12.0 Å². The van der Waals surface area contributed by atoms with Crippen LogP contribution >= 0.6 is 11.6 Å². The van der Waals surface area contributed by atoms with Gasteiger partial charge in [-0.2, -0.15) is 0 Å². The van der Waals surface area contributed by atoms with Crippen molar-refractivity contribution in [1.82, 2.24) is 5.32 Å². The molecule has 0 aliphatic heterocycles. The maximum atomic E-state index is 12.3. The summed E-state index contributed by atoms with van der Waals surface area (Å²) in [6.07, 6.45) is 0.00793. The fourth-order valence-corrected chi connectivity index (χ4v) is 2.27. The van der Waals surface area contributed by atoms with E-state index in [0.717, 1.165) is 5.56 Å². The standard InChI is InChI=1S/C19H22ClNO3/c1-13(2)24-18-7-5-4-6-16(18)19(22)21-10-11-23-15-9-8-14(3)17(20)12-15/h4-9,12-13H,10-11H2,1-3H3,(H,21,22). The summed E-state index contributed by atoms with van der Waals surface area (Å²) < 4.78 is 11.3. The Hall–Kier alpha value is -2.20. The third-order valence-corrected chi connectivity index (χ3v) is 3.70. The predicted octanol–water partition coefficient (Wildman–Crippen LogP) is 4.24. The van der Waals surface area contributed by atoms with Gasteiger partial charge in [-0.05, 0) is 50.6 Å². The van der Waals surface area contributed by atoms with Crippen molar-refractivity contribution in [3.63, 3.8) is 0 Å². The van der Waals surface area contributed by atoms with Crippen LogP contribution in [0.4, 0.5) is 0 Å². The lowest BCUT2D eigenvalue weighted by Gasteiger charge is -2.14. The van der Waals surface area contributed by atoms with Gasteiger partial charge in [0.15, 0.2) is 0 Å². The molecular weight excluding hydrogens is 326 g/mol. The number of hydrogen-bond acceptors (Lipinski definition) is 3. The smallest absolute Gasteiger partial charge is 0.255 e. The first kappa shape index (κ1) is 18.1. The van der Waals surface area contributed by atoms with Crippen LogP contribution in [0.3, 0.4) is 0 Å². The largest absolute Gasteiger partial charge is 0.492 e. The van der Waals surface area contributed by atoms with Crippen molar-refractivity contribution in [1.29, 1.82) is 0 Å². The Labute approximate surface area is 147 Å². The third-order valence-electron chi connectivity index (χ3n) is 3.29. The van der Waals surface area contributed by atoms with Gasteiger partial charge >= 0.3 is 0 Å². The molecule has 0 unspecified atom stereocenters. The average molecular weight is 348 g/mol. The van der Waals surface area contributed by atoms with E-state index in [4.69, 9.17) is 21.1 Å². The van der Waals surface area contributed by atoms with Gasteiger partial charge in [0, 0.05) is 5.02 Å². The van der Waals surface area contributed by atoms with E-state index in [1.807, 2.05) is 45.0 Å². The zero-order chi connectivity index (χ0) is 17.5. The third kappa shape index (κ3) is 5.17. The van der Waals surface area contributed by atoms with Crippen molar-refractivity contribution in [2.24, 2.45) is 0 Å². The van der Waals surface area contributed by atoms with Crippen LogP contribution in [0.15, 0.2) is 42.5 Å². The van der Waals surface area contributed by atoms with E-state index in [9.17, 15) is 4.79 Å². The first-order valence-electron chi connectivity index (χ1n) is 7.90. The molecule has 2 aromatic carbocycles. The van der Waals surface area contributed by atoms with Crippen LogP contribution < -0.4 is 14.8 Å². The van der Waals surface area contributed by atoms with Crippen LogP contribution in [0, 0.1) is 6.92 Å². The van der Waals surface area contributed by atoms with Crippen LogP contribution in [-0.2, 0) is 0 Å². The van der Waals surface area contributed by atoms with Gasteiger partial charge in [-0.3, -0.25) is 4.79 Å². The summed E-state index contributed by atoms with van der Waals surface area (Å²) >= 11 is 6.05. The molecule has 0 bridgehead atoms. The molecule has 2 rings (SSSR count). The van der Waals surface area contributed by atoms with E-state index in [1.165, 1.54) is 0 Å². The Morgan fingerprint density at radius 1 is 1.21 bits per heavy atom. The molecule has 2 aromatic rings. The molecule has 1 amide bonds. The van der Waals surface area contributed by atoms with E-state index in [1.54, 1.807) is 18.2 Å². The molecule has 5 heteroatoms. The highest BCUT2D eigenvalue weighted by Gasteiger charge is 2.12. The SMILES string of the molecule is Cc1ccc(OCCNC(=O)c2ccccc2OC(C)C)cc1Cl. The second-order valence-electron chi connectivity index (χ2n) is 5.68. The summed E-state index contributed by atoms with van der Waals surface area (Å²) in [5, 5.41) is 3.50. The number of hydrogen-bond donors (Lipinski definition) is 1. The van der Waals surface area contributed by atoms with Gasteiger partial charge in [-0.25, -0.2) is 0 Å². The van der Waals surface area contributed by atoms with Crippen LogP contribution in [0.25, 0.3) is 0 Å². The summed E-state index contributed by atoms with van der Waals surface area (Å²) in [6.45, 7) is 6.53. The lowest BCUT2D eigenvalue weighted by molar-refractivity contribution is 0.0941.